The van der Waals surface area contributed by atoms with Crippen molar-refractivity contribution in [2.24, 2.45) is 5.10 Å². The largest absolute Gasteiger partial charge is 0.272 e. The lowest BCUT2D eigenvalue weighted by atomic mass is 10.2. The first-order chi connectivity index (χ1) is 15.6. The molecule has 10 heteroatoms. The third-order valence-electron chi connectivity index (χ3n) is 4.56. The number of hydrogen-bond acceptors (Lipinski definition) is 4. The summed E-state index contributed by atoms with van der Waals surface area (Å²) >= 11 is 15.4. The van der Waals surface area contributed by atoms with E-state index in [-0.39, 0.29) is 11.4 Å². The molecule has 0 aliphatic carbocycles. The van der Waals surface area contributed by atoms with Crippen LogP contribution in [0.25, 0.3) is 0 Å². The van der Waals surface area contributed by atoms with Crippen molar-refractivity contribution >= 4 is 61.3 Å². The molecule has 172 valence electrons. The summed E-state index contributed by atoms with van der Waals surface area (Å²) in [6, 6.07) is 18.6. The fourth-order valence-corrected chi connectivity index (χ4v) is 4.92. The van der Waals surface area contributed by atoms with Gasteiger partial charge in [-0.1, -0.05) is 75.0 Å². The Bertz CT molecular complexity index is 1280. The molecule has 3 aromatic carbocycles. The van der Waals surface area contributed by atoms with Crippen LogP contribution in [0.2, 0.25) is 10.0 Å². The maximum absolute atomic E-state index is 13.3. The summed E-state index contributed by atoms with van der Waals surface area (Å²) in [4.78, 5) is 12.6. The highest BCUT2D eigenvalue weighted by Crippen LogP contribution is 2.25. The van der Waals surface area contributed by atoms with E-state index in [9.17, 15) is 13.2 Å². The molecule has 0 radical (unpaired) electrons. The molecule has 0 fully saturated rings. The van der Waals surface area contributed by atoms with E-state index in [2.05, 4.69) is 26.5 Å². The van der Waals surface area contributed by atoms with Gasteiger partial charge in [0.1, 0.15) is 0 Å². The first kappa shape index (κ1) is 25.4. The molecule has 3 aromatic rings. The van der Waals surface area contributed by atoms with E-state index in [0.717, 1.165) is 19.9 Å². The molecule has 0 bridgehead atoms. The molecule has 0 aliphatic rings. The number of carbonyl (C=O) groups is 1. The van der Waals surface area contributed by atoms with Gasteiger partial charge in [-0.15, -0.1) is 0 Å². The molecule has 0 aromatic heterocycles. The molecule has 3 rings (SSSR count). The second-order valence-electron chi connectivity index (χ2n) is 7.18. The van der Waals surface area contributed by atoms with Crippen molar-refractivity contribution in [2.75, 3.05) is 6.54 Å². The highest BCUT2D eigenvalue weighted by atomic mass is 79.9. The van der Waals surface area contributed by atoms with Crippen LogP contribution in [0.4, 0.5) is 0 Å². The van der Waals surface area contributed by atoms with Gasteiger partial charge >= 0.3 is 0 Å². The second kappa shape index (κ2) is 11.3. The minimum absolute atomic E-state index is 0.0572. The van der Waals surface area contributed by atoms with Crippen LogP contribution in [0.3, 0.4) is 0 Å². The van der Waals surface area contributed by atoms with Gasteiger partial charge in [-0.3, -0.25) is 4.79 Å². The van der Waals surface area contributed by atoms with E-state index >= 15 is 0 Å². The van der Waals surface area contributed by atoms with E-state index < -0.39 is 22.5 Å². The van der Waals surface area contributed by atoms with E-state index in [0.29, 0.717) is 15.6 Å². The van der Waals surface area contributed by atoms with Crippen molar-refractivity contribution < 1.29 is 13.2 Å². The molecule has 0 saturated heterocycles. The average molecular weight is 569 g/mol. The second-order valence-corrected chi connectivity index (χ2v) is 10.9. The average Bonchev–Trinajstić information content (AvgIpc) is 2.76. The van der Waals surface area contributed by atoms with Crippen LogP contribution >= 0.6 is 39.1 Å². The Morgan fingerprint density at radius 2 is 1.79 bits per heavy atom. The van der Waals surface area contributed by atoms with Gasteiger partial charge in [-0.05, 0) is 54.4 Å². The Labute approximate surface area is 211 Å². The topological polar surface area (TPSA) is 78.8 Å². The third kappa shape index (κ3) is 7.12. The van der Waals surface area contributed by atoms with Gasteiger partial charge in [-0.25, -0.2) is 13.8 Å². The van der Waals surface area contributed by atoms with E-state index in [4.69, 9.17) is 23.2 Å². The molecule has 0 aliphatic heterocycles. The SMILES string of the molecule is Cc1cccc(/C=N/NC(=O)CN(Cc2ccc(Cl)c(Cl)c2)S(=O)(=O)c2ccc(Br)cc2)c1. The van der Waals surface area contributed by atoms with E-state index in [1.54, 1.807) is 30.3 Å². The number of amides is 1. The normalized spacial score (nSPS) is 11.8. The van der Waals surface area contributed by atoms with E-state index in [1.807, 2.05) is 31.2 Å². The summed E-state index contributed by atoms with van der Waals surface area (Å²) in [7, 11) is -3.99. The van der Waals surface area contributed by atoms with E-state index in [1.165, 1.54) is 18.3 Å². The number of rotatable bonds is 8. The number of aryl methyl sites for hydroxylation is 1. The van der Waals surface area contributed by atoms with Gasteiger partial charge in [0.05, 0.1) is 27.7 Å². The molecule has 0 spiro atoms. The molecule has 6 nitrogen and oxygen atoms in total. The minimum atomic E-state index is -3.99. The maximum Gasteiger partial charge on any atom is 0.255 e. The molecule has 0 heterocycles. The molecular formula is C23H20BrCl2N3O3S. The molecule has 0 unspecified atom stereocenters. The van der Waals surface area contributed by atoms with Crippen molar-refractivity contribution in [1.29, 1.82) is 0 Å². The van der Waals surface area contributed by atoms with Crippen LogP contribution in [-0.4, -0.2) is 31.4 Å². The molecule has 0 saturated carbocycles. The number of sulfonamides is 1. The predicted molar refractivity (Wildman–Crippen MR) is 135 cm³/mol. The summed E-state index contributed by atoms with van der Waals surface area (Å²) in [6.07, 6.45) is 1.50. The Kier molecular flexibility index (Phi) is 8.67. The lowest BCUT2D eigenvalue weighted by molar-refractivity contribution is -0.121. The number of benzene rings is 3. The van der Waals surface area contributed by atoms with Crippen molar-refractivity contribution in [3.8, 4) is 0 Å². The lowest BCUT2D eigenvalue weighted by Gasteiger charge is -2.22. The van der Waals surface area contributed by atoms with Crippen LogP contribution in [-0.2, 0) is 21.4 Å². The van der Waals surface area contributed by atoms with Crippen molar-refractivity contribution in [1.82, 2.24) is 9.73 Å². The number of nitrogens with one attached hydrogen (secondary N) is 1. The van der Waals surface area contributed by atoms with Gasteiger partial charge in [0.2, 0.25) is 10.0 Å². The summed E-state index contributed by atoms with van der Waals surface area (Å²) in [5.41, 5.74) is 4.84. The number of halogens is 3. The standard InChI is InChI=1S/C23H20BrCl2N3O3S/c1-16-3-2-4-17(11-16)13-27-28-23(30)15-29(14-18-5-10-21(25)22(26)12-18)33(31,32)20-8-6-19(24)7-9-20/h2-13H,14-15H2,1H3,(H,28,30)/b27-13+. The Balaban J connectivity index is 1.81. The highest BCUT2D eigenvalue weighted by Gasteiger charge is 2.27. The first-order valence-electron chi connectivity index (χ1n) is 9.73. The number of carbonyl (C=O) groups excluding carboxylic acids is 1. The maximum atomic E-state index is 13.3. The molecule has 0 atom stereocenters. The highest BCUT2D eigenvalue weighted by molar-refractivity contribution is 9.10. The van der Waals surface area contributed by atoms with Crippen molar-refractivity contribution in [3.63, 3.8) is 0 Å². The number of nitrogens with zero attached hydrogens (tertiary/aromatic N) is 2. The third-order valence-corrected chi connectivity index (χ3v) is 7.63. The zero-order chi connectivity index (χ0) is 24.0. The van der Waals surface area contributed by atoms with Crippen LogP contribution in [0, 0.1) is 6.92 Å². The smallest absolute Gasteiger partial charge is 0.255 e. The van der Waals surface area contributed by atoms with Crippen molar-refractivity contribution in [2.45, 2.75) is 18.4 Å². The first-order valence-corrected chi connectivity index (χ1v) is 12.7. The molecular weight excluding hydrogens is 549 g/mol. The molecule has 33 heavy (non-hydrogen) atoms. The van der Waals surface area contributed by atoms with Gasteiger partial charge in [0.15, 0.2) is 0 Å². The van der Waals surface area contributed by atoms with Gasteiger partial charge in [0.25, 0.3) is 5.91 Å². The summed E-state index contributed by atoms with van der Waals surface area (Å²) in [6.45, 7) is 1.43. The predicted octanol–water partition coefficient (Wildman–Crippen LogP) is 5.41. The van der Waals surface area contributed by atoms with Crippen LogP contribution in [0.1, 0.15) is 16.7 Å². The Hall–Kier alpha value is -2.23. The van der Waals surface area contributed by atoms with Crippen LogP contribution in [0.5, 0.6) is 0 Å². The van der Waals surface area contributed by atoms with Gasteiger partial charge in [0, 0.05) is 11.0 Å². The monoisotopic (exact) mass is 567 g/mol. The zero-order valence-corrected chi connectivity index (χ0v) is 21.4. The summed E-state index contributed by atoms with van der Waals surface area (Å²) in [5, 5.41) is 4.59. The fraction of sp³-hybridized carbons (Fsp3) is 0.130. The molecule has 1 N–H and O–H groups in total. The van der Waals surface area contributed by atoms with Crippen LogP contribution < -0.4 is 5.43 Å². The van der Waals surface area contributed by atoms with Gasteiger partial charge < -0.3 is 0 Å². The lowest BCUT2D eigenvalue weighted by Crippen LogP contribution is -2.39. The fourth-order valence-electron chi connectivity index (χ4n) is 2.95. The summed E-state index contributed by atoms with van der Waals surface area (Å²) < 4.78 is 28.4. The quantitative estimate of drug-likeness (QED) is 0.292. The van der Waals surface area contributed by atoms with Crippen molar-refractivity contribution in [3.05, 3.63) is 97.9 Å². The Morgan fingerprint density at radius 3 is 2.45 bits per heavy atom. The zero-order valence-electron chi connectivity index (χ0n) is 17.5. The van der Waals surface area contributed by atoms with Gasteiger partial charge in [-0.2, -0.15) is 9.41 Å². The Morgan fingerprint density at radius 1 is 1.06 bits per heavy atom. The summed E-state index contributed by atoms with van der Waals surface area (Å²) in [5.74, 6) is -0.584. The molecule has 1 amide bonds. The minimum Gasteiger partial charge on any atom is -0.272 e. The number of hydrazone groups is 1. The van der Waals surface area contributed by atoms with Crippen LogP contribution in [0.15, 0.2) is 81.2 Å². The number of hydrogen-bond donors (Lipinski definition) is 1.